The Hall–Kier alpha value is -4.54. The Kier molecular flexibility index (Phi) is 7.38. The topological polar surface area (TPSA) is 151 Å². The quantitative estimate of drug-likeness (QED) is 0.240. The van der Waals surface area contributed by atoms with Gasteiger partial charge in [0.25, 0.3) is 5.91 Å². The van der Waals surface area contributed by atoms with E-state index < -0.39 is 23.1 Å². The number of rotatable bonds is 5. The van der Waals surface area contributed by atoms with Gasteiger partial charge in [-0.25, -0.2) is 4.79 Å². The van der Waals surface area contributed by atoms with Gasteiger partial charge in [0.1, 0.15) is 11.6 Å². The van der Waals surface area contributed by atoms with Crippen LogP contribution in [0.4, 0.5) is 10.5 Å². The highest BCUT2D eigenvalue weighted by atomic mass is 16.6. The molecule has 2 fully saturated rings. The summed E-state index contributed by atoms with van der Waals surface area (Å²) in [6.07, 6.45) is 3.88. The number of amides is 4. The zero-order valence-corrected chi connectivity index (χ0v) is 24.2. The third-order valence-corrected chi connectivity index (χ3v) is 7.94. The number of hydrogen-bond donors (Lipinski definition) is 2. The number of likely N-dealkylation sites (tertiary alicyclic amines) is 1. The highest BCUT2D eigenvalue weighted by molar-refractivity contribution is 6.32. The van der Waals surface area contributed by atoms with Crippen molar-refractivity contribution < 1.29 is 28.7 Å². The van der Waals surface area contributed by atoms with E-state index in [0.29, 0.717) is 53.5 Å². The van der Waals surface area contributed by atoms with Crippen LogP contribution in [0.2, 0.25) is 0 Å². The van der Waals surface area contributed by atoms with E-state index in [1.807, 2.05) is 27.7 Å². The molecule has 2 saturated heterocycles. The van der Waals surface area contributed by atoms with Gasteiger partial charge in [0.15, 0.2) is 5.78 Å². The lowest BCUT2D eigenvalue weighted by molar-refractivity contribution is -0.134. The maximum atomic E-state index is 13.7. The standard InChI is InChI=1S/C31H35N5O6/c1-30(2,3)42-29(41)35-14-12-31(4,13-15-35)33-17-18(16-32)26(38)20-8-9-22-25-19(20)6-5-7-21(25)28(40)36(22)23-10-11-24(37)34-27(23)39/h5-9,16-17,23H,10-15,32H2,1-4H3,(H,34,37,39). The van der Waals surface area contributed by atoms with E-state index >= 15 is 0 Å². The molecule has 4 amide bonds. The summed E-state index contributed by atoms with van der Waals surface area (Å²) in [6.45, 7) is 8.42. The van der Waals surface area contributed by atoms with Gasteiger partial charge in [0, 0.05) is 48.4 Å². The first kappa shape index (κ1) is 29.0. The summed E-state index contributed by atoms with van der Waals surface area (Å²) < 4.78 is 5.48. The Bertz CT molecular complexity index is 1560. The summed E-state index contributed by atoms with van der Waals surface area (Å²) in [7, 11) is 0. The van der Waals surface area contributed by atoms with Gasteiger partial charge in [-0.15, -0.1) is 0 Å². The smallest absolute Gasteiger partial charge is 0.410 e. The highest BCUT2D eigenvalue weighted by Gasteiger charge is 2.41. The van der Waals surface area contributed by atoms with E-state index in [1.165, 1.54) is 17.3 Å². The van der Waals surface area contributed by atoms with Crippen molar-refractivity contribution in [2.24, 2.45) is 10.7 Å². The first-order chi connectivity index (χ1) is 19.8. The maximum Gasteiger partial charge on any atom is 0.410 e. The van der Waals surface area contributed by atoms with E-state index in [1.54, 1.807) is 35.2 Å². The zero-order valence-electron chi connectivity index (χ0n) is 24.2. The zero-order chi connectivity index (χ0) is 30.4. The summed E-state index contributed by atoms with van der Waals surface area (Å²) in [6, 6.07) is 7.59. The van der Waals surface area contributed by atoms with Crippen LogP contribution in [0.5, 0.6) is 0 Å². The van der Waals surface area contributed by atoms with Crippen molar-refractivity contribution in [3.63, 3.8) is 0 Å². The first-order valence-electron chi connectivity index (χ1n) is 14.0. The molecule has 3 heterocycles. The molecular weight excluding hydrogens is 538 g/mol. The molecule has 3 aliphatic heterocycles. The number of allylic oxidation sites excluding steroid dienone is 1. The number of carbonyl (C=O) groups is 5. The summed E-state index contributed by atoms with van der Waals surface area (Å²) in [5, 5.41) is 3.45. The summed E-state index contributed by atoms with van der Waals surface area (Å²) in [5.41, 5.74) is 6.28. The van der Waals surface area contributed by atoms with Crippen LogP contribution in [0.3, 0.4) is 0 Å². The SMILES string of the molecule is CC1(N=CC(=CN)C(=O)c2ccc3c4c(cccc24)C(=O)N3C2CCC(=O)NC2=O)CCN(C(=O)OC(C)(C)C)CC1. The molecule has 1 unspecified atom stereocenters. The Morgan fingerprint density at radius 1 is 1.12 bits per heavy atom. The number of aliphatic imine (C=N–C) groups is 1. The number of nitrogens with one attached hydrogen (secondary N) is 1. The van der Waals surface area contributed by atoms with Crippen molar-refractivity contribution in [2.75, 3.05) is 18.0 Å². The first-order valence-corrected chi connectivity index (χ1v) is 14.0. The predicted octanol–water partition coefficient (Wildman–Crippen LogP) is 3.49. The molecule has 220 valence electrons. The monoisotopic (exact) mass is 573 g/mol. The number of hydrogen-bond acceptors (Lipinski definition) is 8. The van der Waals surface area contributed by atoms with Gasteiger partial charge >= 0.3 is 6.09 Å². The minimum absolute atomic E-state index is 0.137. The van der Waals surface area contributed by atoms with Crippen LogP contribution in [-0.4, -0.2) is 71.0 Å². The number of ketones is 1. The lowest BCUT2D eigenvalue weighted by atomic mass is 9.90. The van der Waals surface area contributed by atoms with Gasteiger partial charge < -0.3 is 15.4 Å². The number of nitrogens with two attached hydrogens (primary N) is 1. The van der Waals surface area contributed by atoms with Gasteiger partial charge in [0.05, 0.1) is 16.8 Å². The van der Waals surface area contributed by atoms with Crippen molar-refractivity contribution in [3.05, 3.63) is 53.2 Å². The lowest BCUT2D eigenvalue weighted by Crippen LogP contribution is -2.53. The number of imide groups is 1. The summed E-state index contributed by atoms with van der Waals surface area (Å²) in [5.74, 6) is -1.59. The van der Waals surface area contributed by atoms with Crippen LogP contribution in [0.1, 0.15) is 74.1 Å². The Morgan fingerprint density at radius 2 is 1.83 bits per heavy atom. The van der Waals surface area contributed by atoms with E-state index in [9.17, 15) is 24.0 Å². The van der Waals surface area contributed by atoms with Crippen molar-refractivity contribution in [1.29, 1.82) is 0 Å². The number of carbonyl (C=O) groups excluding carboxylic acids is 5. The molecule has 0 saturated carbocycles. The molecule has 0 aromatic heterocycles. The number of ether oxygens (including phenoxy) is 1. The predicted molar refractivity (Wildman–Crippen MR) is 157 cm³/mol. The molecule has 11 nitrogen and oxygen atoms in total. The Morgan fingerprint density at radius 3 is 2.48 bits per heavy atom. The van der Waals surface area contributed by atoms with Gasteiger partial charge in [-0.05, 0) is 70.5 Å². The molecule has 3 aliphatic rings. The van der Waals surface area contributed by atoms with E-state index in [2.05, 4.69) is 5.32 Å². The molecular formula is C31H35N5O6. The second-order valence-electron chi connectivity index (χ2n) is 12.2. The average molecular weight is 574 g/mol. The molecule has 0 bridgehead atoms. The van der Waals surface area contributed by atoms with Gasteiger partial charge in [-0.1, -0.05) is 12.1 Å². The fourth-order valence-corrected chi connectivity index (χ4v) is 5.63. The summed E-state index contributed by atoms with van der Waals surface area (Å²) >= 11 is 0. The van der Waals surface area contributed by atoms with Gasteiger partial charge in [-0.2, -0.15) is 0 Å². The number of anilines is 1. The van der Waals surface area contributed by atoms with Crippen molar-refractivity contribution in [2.45, 2.75) is 70.6 Å². The maximum absolute atomic E-state index is 13.7. The number of benzene rings is 2. The minimum Gasteiger partial charge on any atom is -0.444 e. The fraction of sp³-hybridized carbons (Fsp3) is 0.419. The van der Waals surface area contributed by atoms with Crippen molar-refractivity contribution in [1.82, 2.24) is 10.2 Å². The summed E-state index contributed by atoms with van der Waals surface area (Å²) in [4.78, 5) is 71.7. The fourth-order valence-electron chi connectivity index (χ4n) is 5.63. The van der Waals surface area contributed by atoms with Crippen molar-refractivity contribution >= 4 is 52.3 Å². The molecule has 2 aromatic rings. The van der Waals surface area contributed by atoms with Crippen LogP contribution in [0.15, 0.2) is 47.1 Å². The van der Waals surface area contributed by atoms with E-state index in [-0.39, 0.29) is 42.1 Å². The second kappa shape index (κ2) is 10.7. The molecule has 1 atom stereocenters. The molecule has 0 radical (unpaired) electrons. The molecule has 42 heavy (non-hydrogen) atoms. The normalized spacial score (nSPS) is 20.8. The number of piperidine rings is 2. The lowest BCUT2D eigenvalue weighted by Gasteiger charge is -2.37. The van der Waals surface area contributed by atoms with Gasteiger partial charge in [0.2, 0.25) is 11.8 Å². The average Bonchev–Trinajstić information content (AvgIpc) is 3.21. The second-order valence-corrected chi connectivity index (χ2v) is 12.2. The number of nitrogens with zero attached hydrogens (tertiary/aromatic N) is 3. The van der Waals surface area contributed by atoms with Crippen LogP contribution < -0.4 is 16.0 Å². The van der Waals surface area contributed by atoms with Crippen LogP contribution in [-0.2, 0) is 14.3 Å². The number of Topliss-reactive ketones (excluding diaryl/α,β-unsaturated/α-hetero) is 1. The third kappa shape index (κ3) is 5.38. The Labute approximate surface area is 243 Å². The molecule has 2 aromatic carbocycles. The van der Waals surface area contributed by atoms with Crippen LogP contribution >= 0.6 is 0 Å². The third-order valence-electron chi connectivity index (χ3n) is 7.94. The largest absolute Gasteiger partial charge is 0.444 e. The highest BCUT2D eigenvalue weighted by Crippen LogP contribution is 2.41. The minimum atomic E-state index is -0.818. The van der Waals surface area contributed by atoms with E-state index in [0.717, 1.165) is 0 Å². The van der Waals surface area contributed by atoms with E-state index in [4.69, 9.17) is 15.5 Å². The molecule has 11 heteroatoms. The van der Waals surface area contributed by atoms with Crippen LogP contribution in [0.25, 0.3) is 10.8 Å². The van der Waals surface area contributed by atoms with Crippen LogP contribution in [0, 0.1) is 0 Å². The molecule has 0 spiro atoms. The molecule has 3 N–H and O–H groups in total. The Balaban J connectivity index is 1.37. The van der Waals surface area contributed by atoms with Crippen molar-refractivity contribution in [3.8, 4) is 0 Å². The molecule has 0 aliphatic carbocycles. The molecule has 5 rings (SSSR count). The van der Waals surface area contributed by atoms with Gasteiger partial charge in [-0.3, -0.25) is 34.4 Å².